The van der Waals surface area contributed by atoms with Crippen LogP contribution in [0.25, 0.3) is 0 Å². The number of carbonyl (C=O) groups excluding carboxylic acids is 3. The van der Waals surface area contributed by atoms with E-state index in [1.165, 1.54) is 12.1 Å². The van der Waals surface area contributed by atoms with E-state index in [2.05, 4.69) is 10.6 Å². The van der Waals surface area contributed by atoms with Crippen molar-refractivity contribution in [2.24, 2.45) is 5.92 Å². The van der Waals surface area contributed by atoms with Crippen LogP contribution in [0.2, 0.25) is 15.1 Å². The predicted octanol–water partition coefficient (Wildman–Crippen LogP) is 6.14. The Morgan fingerprint density at radius 3 is 2.19 bits per heavy atom. The van der Waals surface area contributed by atoms with Crippen molar-refractivity contribution in [3.05, 3.63) is 68.2 Å². The standard InChI is InChI=1S/C23H18Cl5F3N2O3/c24-13-7-12(8-14(25)9-13)19-20(23(19,27)28)17(34)6-11-1-2-16(26)15(5-11)21(36)33-10-18(35)32-4-3-22(29,30)31/h1-2,5,7-9,19-20H,3-4,6,10H2,(H,32,35)(H,33,36). The average molecular weight is 605 g/mol. The summed E-state index contributed by atoms with van der Waals surface area (Å²) in [6.45, 7) is -1.16. The molecule has 2 N–H and O–H groups in total. The molecule has 0 spiro atoms. The highest BCUT2D eigenvalue weighted by Gasteiger charge is 2.67. The number of amides is 2. The summed E-state index contributed by atoms with van der Waals surface area (Å²) < 4.78 is 35.1. The van der Waals surface area contributed by atoms with Crippen molar-refractivity contribution in [1.82, 2.24) is 10.6 Å². The number of hydrogen-bond acceptors (Lipinski definition) is 3. The van der Waals surface area contributed by atoms with Crippen molar-refractivity contribution in [2.45, 2.75) is 29.3 Å². The molecule has 194 valence electrons. The molecule has 2 atom stereocenters. The summed E-state index contributed by atoms with van der Waals surface area (Å²) in [5.74, 6) is -3.06. The van der Waals surface area contributed by atoms with Gasteiger partial charge in [0.05, 0.1) is 29.5 Å². The Labute approximate surface area is 229 Å². The third-order valence-corrected chi connectivity index (χ3v) is 7.14. The van der Waals surface area contributed by atoms with Crippen LogP contribution in [-0.4, -0.2) is 41.2 Å². The lowest BCUT2D eigenvalue weighted by Crippen LogP contribution is -2.38. The summed E-state index contributed by atoms with van der Waals surface area (Å²) in [6, 6.07) is 9.16. The SMILES string of the molecule is O=C(CNC(=O)c1cc(CC(=O)C2C(c3cc(Cl)cc(Cl)c3)C2(Cl)Cl)ccc1Cl)NCCC(F)(F)F. The lowest BCUT2D eigenvalue weighted by Gasteiger charge is -2.10. The number of Topliss-reactive ketones (excluding diaryl/α,β-unsaturated/α-hetero) is 1. The average Bonchev–Trinajstić information content (AvgIpc) is 3.34. The van der Waals surface area contributed by atoms with Gasteiger partial charge in [0.1, 0.15) is 10.1 Å². The van der Waals surface area contributed by atoms with Crippen LogP contribution >= 0.6 is 58.0 Å². The molecule has 0 bridgehead atoms. The molecule has 3 rings (SSSR count). The monoisotopic (exact) mass is 602 g/mol. The van der Waals surface area contributed by atoms with Crippen molar-refractivity contribution in [3.63, 3.8) is 0 Å². The summed E-state index contributed by atoms with van der Waals surface area (Å²) in [5, 5.41) is 5.16. The molecule has 36 heavy (non-hydrogen) atoms. The predicted molar refractivity (Wildman–Crippen MR) is 133 cm³/mol. The van der Waals surface area contributed by atoms with Crippen molar-refractivity contribution in [2.75, 3.05) is 13.1 Å². The van der Waals surface area contributed by atoms with Gasteiger partial charge in [0.2, 0.25) is 5.91 Å². The highest BCUT2D eigenvalue weighted by Crippen LogP contribution is 2.65. The molecule has 2 aromatic rings. The third kappa shape index (κ3) is 7.42. The van der Waals surface area contributed by atoms with Crippen LogP contribution in [0.1, 0.15) is 33.8 Å². The number of rotatable bonds is 9. The first-order chi connectivity index (χ1) is 16.7. The summed E-state index contributed by atoms with van der Waals surface area (Å²) in [5.41, 5.74) is 1.06. The largest absolute Gasteiger partial charge is 0.390 e. The van der Waals surface area contributed by atoms with Crippen LogP contribution in [-0.2, 0) is 16.0 Å². The van der Waals surface area contributed by atoms with Gasteiger partial charge in [-0.15, -0.1) is 23.2 Å². The molecule has 1 aliphatic rings. The second-order valence-corrected chi connectivity index (χ2v) is 10.9. The van der Waals surface area contributed by atoms with Crippen molar-refractivity contribution in [3.8, 4) is 0 Å². The van der Waals surface area contributed by atoms with Crippen molar-refractivity contribution < 1.29 is 27.6 Å². The minimum absolute atomic E-state index is 0.0120. The Morgan fingerprint density at radius 2 is 1.58 bits per heavy atom. The van der Waals surface area contributed by atoms with Gasteiger partial charge < -0.3 is 10.6 Å². The number of hydrogen-bond donors (Lipinski definition) is 2. The van der Waals surface area contributed by atoms with Gasteiger partial charge in [0.25, 0.3) is 5.91 Å². The van der Waals surface area contributed by atoms with Gasteiger partial charge in [0.15, 0.2) is 0 Å². The highest BCUT2D eigenvalue weighted by atomic mass is 35.5. The van der Waals surface area contributed by atoms with Crippen molar-refractivity contribution in [1.29, 1.82) is 0 Å². The maximum atomic E-state index is 13.0. The van der Waals surface area contributed by atoms with Crippen LogP contribution in [0.5, 0.6) is 0 Å². The molecule has 13 heteroatoms. The van der Waals surface area contributed by atoms with Crippen LogP contribution in [0, 0.1) is 5.92 Å². The Kier molecular flexibility index (Phi) is 9.10. The van der Waals surface area contributed by atoms with Gasteiger partial charge in [-0.25, -0.2) is 0 Å². The Bertz CT molecular complexity index is 1170. The molecule has 0 aliphatic heterocycles. The number of ketones is 1. The molecule has 1 saturated carbocycles. The quantitative estimate of drug-likeness (QED) is 0.338. The van der Waals surface area contributed by atoms with E-state index in [1.807, 2.05) is 0 Å². The molecule has 2 amide bonds. The summed E-state index contributed by atoms with van der Waals surface area (Å²) >= 11 is 31.0. The zero-order valence-electron chi connectivity index (χ0n) is 18.2. The number of nitrogens with one attached hydrogen (secondary N) is 2. The van der Waals surface area contributed by atoms with Gasteiger partial charge in [0, 0.05) is 28.9 Å². The van der Waals surface area contributed by atoms with Gasteiger partial charge in [-0.3, -0.25) is 14.4 Å². The highest BCUT2D eigenvalue weighted by molar-refractivity contribution is 6.53. The fraction of sp³-hybridized carbons (Fsp3) is 0.348. The van der Waals surface area contributed by atoms with Gasteiger partial charge >= 0.3 is 6.18 Å². The normalized spacial score (nSPS) is 18.4. The number of alkyl halides is 5. The summed E-state index contributed by atoms with van der Waals surface area (Å²) in [7, 11) is 0. The van der Waals surface area contributed by atoms with Gasteiger partial charge in [-0.2, -0.15) is 13.2 Å². The van der Waals surface area contributed by atoms with Crippen LogP contribution in [0.4, 0.5) is 13.2 Å². The maximum Gasteiger partial charge on any atom is 0.390 e. The van der Waals surface area contributed by atoms with E-state index in [0.29, 0.717) is 21.2 Å². The topological polar surface area (TPSA) is 75.3 Å². The van der Waals surface area contributed by atoms with E-state index < -0.39 is 53.7 Å². The number of halogens is 8. The molecule has 0 radical (unpaired) electrons. The first-order valence-corrected chi connectivity index (χ1v) is 12.3. The minimum Gasteiger partial charge on any atom is -0.354 e. The molecule has 5 nitrogen and oxygen atoms in total. The molecule has 2 unspecified atom stereocenters. The number of benzene rings is 2. The second kappa shape index (κ2) is 11.4. The van der Waals surface area contributed by atoms with Gasteiger partial charge in [-0.1, -0.05) is 40.9 Å². The Balaban J connectivity index is 1.62. The van der Waals surface area contributed by atoms with E-state index in [-0.39, 0.29) is 22.8 Å². The first-order valence-electron chi connectivity index (χ1n) is 10.5. The Morgan fingerprint density at radius 1 is 0.944 bits per heavy atom. The molecule has 1 aliphatic carbocycles. The molecular weight excluding hydrogens is 587 g/mol. The molecular formula is C23H18Cl5F3N2O3. The Hall–Kier alpha value is -1.71. The first kappa shape index (κ1) is 28.9. The lowest BCUT2D eigenvalue weighted by molar-refractivity contribution is -0.135. The molecule has 0 heterocycles. The zero-order valence-corrected chi connectivity index (χ0v) is 22.0. The van der Waals surface area contributed by atoms with E-state index >= 15 is 0 Å². The summed E-state index contributed by atoms with van der Waals surface area (Å²) in [4.78, 5) is 37.2. The minimum atomic E-state index is -4.41. The van der Waals surface area contributed by atoms with Crippen molar-refractivity contribution >= 4 is 75.6 Å². The van der Waals surface area contributed by atoms with E-state index in [0.717, 1.165) is 0 Å². The van der Waals surface area contributed by atoms with E-state index in [1.54, 1.807) is 24.3 Å². The fourth-order valence-corrected chi connectivity index (χ4v) is 5.35. The van der Waals surface area contributed by atoms with Crippen LogP contribution in [0.3, 0.4) is 0 Å². The molecule has 0 aromatic heterocycles. The molecule has 1 fully saturated rings. The zero-order chi connectivity index (χ0) is 26.8. The summed E-state index contributed by atoms with van der Waals surface area (Å²) in [6.07, 6.45) is -5.70. The lowest BCUT2D eigenvalue weighted by atomic mass is 10.0. The van der Waals surface area contributed by atoms with E-state index in [4.69, 9.17) is 58.0 Å². The third-order valence-electron chi connectivity index (χ3n) is 5.44. The maximum absolute atomic E-state index is 13.0. The molecule has 2 aromatic carbocycles. The fourth-order valence-electron chi connectivity index (χ4n) is 3.73. The van der Waals surface area contributed by atoms with Crippen LogP contribution in [0.15, 0.2) is 36.4 Å². The number of carbonyl (C=O) groups is 3. The smallest absolute Gasteiger partial charge is 0.354 e. The van der Waals surface area contributed by atoms with E-state index in [9.17, 15) is 27.6 Å². The molecule has 0 saturated heterocycles. The van der Waals surface area contributed by atoms with Gasteiger partial charge in [-0.05, 0) is 41.5 Å². The second-order valence-electron chi connectivity index (χ2n) is 8.19. The van der Waals surface area contributed by atoms with Crippen LogP contribution < -0.4 is 10.6 Å².